The Morgan fingerprint density at radius 2 is 2.25 bits per heavy atom. The van der Waals surface area contributed by atoms with Crippen molar-refractivity contribution in [3.8, 4) is 0 Å². The van der Waals surface area contributed by atoms with Gasteiger partial charge in [-0.05, 0) is 17.7 Å². The molecule has 0 radical (unpaired) electrons. The Kier molecular flexibility index (Phi) is 3.12. The quantitative estimate of drug-likeness (QED) is 0.856. The van der Waals surface area contributed by atoms with Crippen molar-refractivity contribution in [3.63, 3.8) is 0 Å². The number of halogens is 2. The van der Waals surface area contributed by atoms with Crippen LogP contribution in [0.4, 0.5) is 0 Å². The van der Waals surface area contributed by atoms with E-state index in [4.69, 9.17) is 17.3 Å². The highest BCUT2D eigenvalue weighted by Gasteiger charge is 2.03. The van der Waals surface area contributed by atoms with Gasteiger partial charge in [-0.2, -0.15) is 0 Å². The zero-order valence-corrected chi connectivity index (χ0v) is 8.52. The molecule has 1 rings (SSSR count). The largest absolute Gasteiger partial charge is 0.369 e. The highest BCUT2D eigenvalue weighted by molar-refractivity contribution is 9.10. The van der Waals surface area contributed by atoms with Crippen LogP contribution in [-0.2, 0) is 11.2 Å². The number of carbonyl (C=O) groups is 1. The molecule has 4 heteroatoms. The highest BCUT2D eigenvalue weighted by Crippen LogP contribution is 2.21. The van der Waals surface area contributed by atoms with Gasteiger partial charge in [0.15, 0.2) is 0 Å². The van der Waals surface area contributed by atoms with Crippen LogP contribution < -0.4 is 5.73 Å². The molecule has 0 fully saturated rings. The van der Waals surface area contributed by atoms with Gasteiger partial charge in [-0.1, -0.05) is 33.6 Å². The molecule has 0 atom stereocenters. The van der Waals surface area contributed by atoms with Gasteiger partial charge in [0.2, 0.25) is 5.91 Å². The molecule has 2 N–H and O–H groups in total. The maximum atomic E-state index is 10.6. The van der Waals surface area contributed by atoms with E-state index in [-0.39, 0.29) is 12.3 Å². The maximum Gasteiger partial charge on any atom is 0.221 e. The second kappa shape index (κ2) is 3.92. The fraction of sp³-hybridized carbons (Fsp3) is 0.125. The molecule has 1 aromatic rings. The van der Waals surface area contributed by atoms with Crippen LogP contribution >= 0.6 is 27.5 Å². The van der Waals surface area contributed by atoms with Crippen molar-refractivity contribution in [2.75, 3.05) is 0 Å². The fourth-order valence-corrected chi connectivity index (χ4v) is 1.59. The molecule has 2 nitrogen and oxygen atoms in total. The van der Waals surface area contributed by atoms with Gasteiger partial charge in [-0.15, -0.1) is 0 Å². The van der Waals surface area contributed by atoms with Gasteiger partial charge in [-0.3, -0.25) is 4.79 Å². The maximum absolute atomic E-state index is 10.6. The van der Waals surface area contributed by atoms with Crippen LogP contribution in [0.3, 0.4) is 0 Å². The van der Waals surface area contributed by atoms with Crippen molar-refractivity contribution in [1.29, 1.82) is 0 Å². The predicted molar refractivity (Wildman–Crippen MR) is 52.1 cm³/mol. The molecule has 0 heterocycles. The Labute approximate surface area is 83.8 Å². The molecule has 12 heavy (non-hydrogen) atoms. The van der Waals surface area contributed by atoms with Gasteiger partial charge >= 0.3 is 0 Å². The van der Waals surface area contributed by atoms with Crippen molar-refractivity contribution in [2.45, 2.75) is 6.42 Å². The predicted octanol–water partition coefficient (Wildman–Crippen LogP) is 2.13. The van der Waals surface area contributed by atoms with Crippen molar-refractivity contribution in [2.24, 2.45) is 5.73 Å². The SMILES string of the molecule is NC(=O)Cc1ccc(Br)cc1Cl. The summed E-state index contributed by atoms with van der Waals surface area (Å²) in [6.45, 7) is 0. The fourth-order valence-electron chi connectivity index (χ4n) is 0.853. The van der Waals surface area contributed by atoms with Gasteiger partial charge in [0, 0.05) is 9.50 Å². The van der Waals surface area contributed by atoms with E-state index < -0.39 is 0 Å². The molecule has 0 aliphatic carbocycles. The number of primary amides is 1. The number of amides is 1. The summed E-state index contributed by atoms with van der Waals surface area (Å²) in [5.41, 5.74) is 5.78. The first-order valence-electron chi connectivity index (χ1n) is 3.32. The summed E-state index contributed by atoms with van der Waals surface area (Å²) in [5, 5.41) is 0.558. The Morgan fingerprint density at radius 3 is 2.75 bits per heavy atom. The van der Waals surface area contributed by atoms with Crippen molar-refractivity contribution >= 4 is 33.4 Å². The number of hydrogen-bond donors (Lipinski definition) is 1. The molecule has 0 saturated heterocycles. The Morgan fingerprint density at radius 1 is 1.58 bits per heavy atom. The highest BCUT2D eigenvalue weighted by atomic mass is 79.9. The minimum atomic E-state index is -0.376. The van der Waals surface area contributed by atoms with Crippen LogP contribution in [0.2, 0.25) is 5.02 Å². The van der Waals surface area contributed by atoms with Gasteiger partial charge in [0.1, 0.15) is 0 Å². The first-order chi connectivity index (χ1) is 5.59. The number of hydrogen-bond acceptors (Lipinski definition) is 1. The summed E-state index contributed by atoms with van der Waals surface area (Å²) in [4.78, 5) is 10.6. The second-order valence-electron chi connectivity index (χ2n) is 2.38. The molecule has 0 unspecified atom stereocenters. The zero-order chi connectivity index (χ0) is 9.14. The minimum absolute atomic E-state index is 0.187. The smallest absolute Gasteiger partial charge is 0.221 e. The summed E-state index contributed by atoms with van der Waals surface area (Å²) in [6, 6.07) is 5.33. The molecule has 1 amide bonds. The van der Waals surface area contributed by atoms with Crippen LogP contribution in [-0.4, -0.2) is 5.91 Å². The van der Waals surface area contributed by atoms with E-state index in [1.165, 1.54) is 0 Å². The summed E-state index contributed by atoms with van der Waals surface area (Å²) in [6.07, 6.45) is 0.187. The summed E-state index contributed by atoms with van der Waals surface area (Å²) in [7, 11) is 0. The lowest BCUT2D eigenvalue weighted by atomic mass is 10.1. The van der Waals surface area contributed by atoms with Crippen LogP contribution in [0.1, 0.15) is 5.56 Å². The van der Waals surface area contributed by atoms with E-state index in [0.29, 0.717) is 5.02 Å². The lowest BCUT2D eigenvalue weighted by Crippen LogP contribution is -2.13. The Bertz CT molecular complexity index is 314. The van der Waals surface area contributed by atoms with E-state index >= 15 is 0 Å². The van der Waals surface area contributed by atoms with E-state index in [2.05, 4.69) is 15.9 Å². The van der Waals surface area contributed by atoms with E-state index in [1.54, 1.807) is 12.1 Å². The summed E-state index contributed by atoms with van der Waals surface area (Å²) in [5.74, 6) is -0.376. The third-order valence-electron chi connectivity index (χ3n) is 1.38. The van der Waals surface area contributed by atoms with Crippen molar-refractivity contribution in [3.05, 3.63) is 33.3 Å². The zero-order valence-electron chi connectivity index (χ0n) is 6.18. The standard InChI is InChI=1S/C8H7BrClNO/c9-6-2-1-5(3-8(11)12)7(10)4-6/h1-2,4H,3H2,(H2,11,12). The topological polar surface area (TPSA) is 43.1 Å². The number of rotatable bonds is 2. The Balaban J connectivity index is 2.93. The normalized spacial score (nSPS) is 9.83. The van der Waals surface area contributed by atoms with E-state index in [0.717, 1.165) is 10.0 Å². The molecular formula is C8H7BrClNO. The summed E-state index contributed by atoms with van der Waals surface area (Å²) >= 11 is 9.10. The first kappa shape index (κ1) is 9.55. The number of carbonyl (C=O) groups excluding carboxylic acids is 1. The second-order valence-corrected chi connectivity index (χ2v) is 3.70. The third kappa shape index (κ3) is 2.50. The van der Waals surface area contributed by atoms with Gasteiger partial charge in [0.05, 0.1) is 6.42 Å². The van der Waals surface area contributed by atoms with Crippen LogP contribution in [0.15, 0.2) is 22.7 Å². The third-order valence-corrected chi connectivity index (χ3v) is 2.22. The lowest BCUT2D eigenvalue weighted by Gasteiger charge is -2.00. The van der Waals surface area contributed by atoms with Gasteiger partial charge in [0.25, 0.3) is 0 Å². The molecule has 0 bridgehead atoms. The number of nitrogens with two attached hydrogens (primary N) is 1. The van der Waals surface area contributed by atoms with Crippen molar-refractivity contribution in [1.82, 2.24) is 0 Å². The number of benzene rings is 1. The monoisotopic (exact) mass is 247 g/mol. The average Bonchev–Trinajstić information content (AvgIpc) is 1.94. The molecule has 1 aromatic carbocycles. The molecule has 0 aliphatic heterocycles. The lowest BCUT2D eigenvalue weighted by molar-refractivity contribution is -0.117. The van der Waals surface area contributed by atoms with E-state index in [1.807, 2.05) is 6.07 Å². The minimum Gasteiger partial charge on any atom is -0.369 e. The van der Waals surface area contributed by atoms with E-state index in [9.17, 15) is 4.79 Å². The van der Waals surface area contributed by atoms with Gasteiger partial charge < -0.3 is 5.73 Å². The molecule has 0 aromatic heterocycles. The first-order valence-corrected chi connectivity index (χ1v) is 4.49. The van der Waals surface area contributed by atoms with Crippen LogP contribution in [0.25, 0.3) is 0 Å². The molecular weight excluding hydrogens is 241 g/mol. The summed E-state index contributed by atoms with van der Waals surface area (Å²) < 4.78 is 0.890. The van der Waals surface area contributed by atoms with Crippen LogP contribution in [0.5, 0.6) is 0 Å². The molecule has 0 aliphatic rings. The molecule has 64 valence electrons. The van der Waals surface area contributed by atoms with Crippen molar-refractivity contribution < 1.29 is 4.79 Å². The average molecular weight is 249 g/mol. The Hall–Kier alpha value is -0.540. The van der Waals surface area contributed by atoms with Crippen LogP contribution in [0, 0.1) is 0 Å². The molecule has 0 spiro atoms. The van der Waals surface area contributed by atoms with Gasteiger partial charge in [-0.25, -0.2) is 0 Å². The molecule has 0 saturated carbocycles.